The Balaban J connectivity index is 0. The summed E-state index contributed by atoms with van der Waals surface area (Å²) in [5.41, 5.74) is 0. The molecule has 0 aliphatic rings. The summed E-state index contributed by atoms with van der Waals surface area (Å²) >= 11 is 0. The molecule has 0 rings (SSSR count). The lowest BCUT2D eigenvalue weighted by Crippen LogP contribution is -2.55. The fourth-order valence-electron chi connectivity index (χ4n) is 3.54. The number of hydrogen-bond acceptors (Lipinski definition) is 11. The van der Waals surface area contributed by atoms with E-state index in [0.29, 0.717) is 43.8 Å². The van der Waals surface area contributed by atoms with Crippen LogP contribution in [-0.4, -0.2) is 122 Å². The van der Waals surface area contributed by atoms with Gasteiger partial charge in [0.05, 0.1) is 20.7 Å². The van der Waals surface area contributed by atoms with Crippen LogP contribution in [0.1, 0.15) is 41.5 Å². The van der Waals surface area contributed by atoms with Gasteiger partial charge < -0.3 is 28.7 Å². The Kier molecular flexibility index (Phi) is 16.7. The molecule has 4 unspecified atom stereocenters. The third kappa shape index (κ3) is 22.2. The first-order valence-electron chi connectivity index (χ1n) is 10.7. The summed E-state index contributed by atoms with van der Waals surface area (Å²) in [7, 11) is -1.60. The molecular formula is C20H42N2O10S. The SMILES string of the molecule is CC(=O)OC(C)CN(CC[N+](C)(CC(C)O)CC(C)O)CC(C)OC(C)=O.COS(=O)(=O)[O-]. The van der Waals surface area contributed by atoms with Gasteiger partial charge in [-0.25, -0.2) is 8.42 Å². The van der Waals surface area contributed by atoms with Crippen LogP contribution in [0.25, 0.3) is 0 Å². The smallest absolute Gasteiger partial charge is 0.302 e. The van der Waals surface area contributed by atoms with Gasteiger partial charge in [-0.3, -0.25) is 18.7 Å². The van der Waals surface area contributed by atoms with Crippen molar-refractivity contribution in [3.05, 3.63) is 0 Å². The Morgan fingerprint density at radius 1 is 0.939 bits per heavy atom. The standard InChI is InChI=1S/C19H39N2O6.CH4O4S/c1-14(22)12-21(7,13-15(2)23)9-8-20(10-16(3)26-18(5)24)11-17(4)27-19(6)25;1-5-6(2,3)4/h14-17,22-23H,8-13H2,1-7H3;1H3,(H,2,3,4)/q+1;/p-1. The van der Waals surface area contributed by atoms with E-state index in [2.05, 4.69) is 9.08 Å². The number of aliphatic hydroxyl groups excluding tert-OH is 2. The first-order valence-corrected chi connectivity index (χ1v) is 12.0. The van der Waals surface area contributed by atoms with E-state index in [0.717, 1.165) is 7.11 Å². The molecule has 0 amide bonds. The van der Waals surface area contributed by atoms with Crippen LogP contribution in [0.2, 0.25) is 0 Å². The number of carbonyl (C=O) groups is 2. The number of likely N-dealkylation sites (N-methyl/N-ethyl adjacent to an activating group) is 1. The van der Waals surface area contributed by atoms with Crippen LogP contribution < -0.4 is 0 Å². The minimum atomic E-state index is -4.41. The molecule has 0 aliphatic carbocycles. The maximum atomic E-state index is 11.2. The predicted molar refractivity (Wildman–Crippen MR) is 120 cm³/mol. The minimum Gasteiger partial charge on any atom is -0.726 e. The second-order valence-electron chi connectivity index (χ2n) is 8.58. The molecule has 0 saturated heterocycles. The second kappa shape index (κ2) is 16.3. The summed E-state index contributed by atoms with van der Waals surface area (Å²) in [5, 5.41) is 19.7. The summed E-state index contributed by atoms with van der Waals surface area (Å²) in [6.07, 6.45) is -1.55. The van der Waals surface area contributed by atoms with Crippen molar-refractivity contribution in [3.8, 4) is 0 Å². The Morgan fingerprint density at radius 3 is 1.52 bits per heavy atom. The van der Waals surface area contributed by atoms with Crippen molar-refractivity contribution in [2.45, 2.75) is 66.0 Å². The zero-order valence-electron chi connectivity index (χ0n) is 21.0. The van der Waals surface area contributed by atoms with Crippen LogP contribution in [0.5, 0.6) is 0 Å². The average Bonchev–Trinajstić information content (AvgIpc) is 2.56. The van der Waals surface area contributed by atoms with Crippen molar-refractivity contribution in [2.75, 3.05) is 53.4 Å². The molecule has 0 saturated carbocycles. The predicted octanol–water partition coefficient (Wildman–Crippen LogP) is -0.507. The molecular weight excluding hydrogens is 460 g/mol. The Labute approximate surface area is 197 Å². The van der Waals surface area contributed by atoms with Gasteiger partial charge in [-0.15, -0.1) is 0 Å². The maximum Gasteiger partial charge on any atom is 0.302 e. The number of hydrogen-bond donors (Lipinski definition) is 2. The highest BCUT2D eigenvalue weighted by Crippen LogP contribution is 2.10. The van der Waals surface area contributed by atoms with Gasteiger partial charge >= 0.3 is 11.9 Å². The van der Waals surface area contributed by atoms with Gasteiger partial charge in [-0.1, -0.05) is 0 Å². The number of aliphatic hydroxyl groups is 2. The molecule has 0 bridgehead atoms. The molecule has 0 spiro atoms. The summed E-state index contributed by atoms with van der Waals surface area (Å²) < 4.78 is 42.0. The van der Waals surface area contributed by atoms with Gasteiger partial charge in [-0.05, 0) is 27.7 Å². The Bertz CT molecular complexity index is 636. The van der Waals surface area contributed by atoms with Gasteiger partial charge in [-0.2, -0.15) is 0 Å². The van der Waals surface area contributed by atoms with Gasteiger partial charge in [0.25, 0.3) is 0 Å². The lowest BCUT2D eigenvalue weighted by atomic mass is 10.2. The van der Waals surface area contributed by atoms with Crippen molar-refractivity contribution in [1.82, 2.24) is 4.90 Å². The van der Waals surface area contributed by atoms with Gasteiger partial charge in [0, 0.05) is 33.5 Å². The van der Waals surface area contributed by atoms with Crippen LogP contribution in [0.4, 0.5) is 0 Å². The number of ether oxygens (including phenoxy) is 2. The number of nitrogens with zero attached hydrogens (tertiary/aromatic N) is 2. The number of esters is 2. The van der Waals surface area contributed by atoms with Crippen molar-refractivity contribution >= 4 is 22.3 Å². The first-order chi connectivity index (χ1) is 14.9. The van der Waals surface area contributed by atoms with E-state index in [1.165, 1.54) is 13.8 Å². The van der Waals surface area contributed by atoms with Crippen LogP contribution in [0, 0.1) is 0 Å². The first kappa shape index (κ1) is 33.8. The van der Waals surface area contributed by atoms with E-state index in [4.69, 9.17) is 9.47 Å². The lowest BCUT2D eigenvalue weighted by Gasteiger charge is -2.38. The van der Waals surface area contributed by atoms with E-state index < -0.39 is 22.6 Å². The van der Waals surface area contributed by atoms with Gasteiger partial charge in [0.1, 0.15) is 37.5 Å². The Morgan fingerprint density at radius 2 is 1.27 bits per heavy atom. The maximum absolute atomic E-state index is 11.2. The van der Waals surface area contributed by atoms with Crippen molar-refractivity contribution < 1.29 is 50.9 Å². The molecule has 0 fully saturated rings. The third-order valence-corrected chi connectivity index (χ3v) is 4.74. The number of carbonyl (C=O) groups excluding carboxylic acids is 2. The average molecular weight is 503 g/mol. The van der Waals surface area contributed by atoms with Crippen molar-refractivity contribution in [1.29, 1.82) is 0 Å². The molecule has 0 heterocycles. The Hall–Kier alpha value is -1.35. The molecule has 0 aliphatic heterocycles. The molecule has 0 aromatic carbocycles. The quantitative estimate of drug-likeness (QED) is 0.136. The van der Waals surface area contributed by atoms with Gasteiger partial charge in [0.2, 0.25) is 10.4 Å². The highest BCUT2D eigenvalue weighted by atomic mass is 32.3. The van der Waals surface area contributed by atoms with Crippen LogP contribution in [0.15, 0.2) is 0 Å². The monoisotopic (exact) mass is 502 g/mol. The fraction of sp³-hybridized carbons (Fsp3) is 0.900. The van der Waals surface area contributed by atoms with E-state index in [1.807, 2.05) is 20.9 Å². The van der Waals surface area contributed by atoms with Crippen molar-refractivity contribution in [2.24, 2.45) is 0 Å². The molecule has 33 heavy (non-hydrogen) atoms. The highest BCUT2D eigenvalue weighted by Gasteiger charge is 2.27. The van der Waals surface area contributed by atoms with E-state index >= 15 is 0 Å². The van der Waals surface area contributed by atoms with E-state index in [9.17, 15) is 32.8 Å². The summed E-state index contributed by atoms with van der Waals surface area (Å²) in [5.74, 6) is -0.668. The summed E-state index contributed by atoms with van der Waals surface area (Å²) in [6.45, 7) is 13.3. The van der Waals surface area contributed by atoms with E-state index in [-0.39, 0.29) is 24.1 Å². The zero-order valence-corrected chi connectivity index (χ0v) is 21.8. The van der Waals surface area contributed by atoms with E-state index in [1.54, 1.807) is 13.8 Å². The second-order valence-corrected chi connectivity index (χ2v) is 9.73. The molecule has 4 atom stereocenters. The number of rotatable bonds is 14. The third-order valence-electron chi connectivity index (χ3n) is 4.34. The van der Waals surface area contributed by atoms with Crippen LogP contribution >= 0.6 is 0 Å². The van der Waals surface area contributed by atoms with Crippen LogP contribution in [0.3, 0.4) is 0 Å². The molecule has 12 nitrogen and oxygen atoms in total. The fourth-order valence-corrected chi connectivity index (χ4v) is 3.54. The molecule has 0 radical (unpaired) electrons. The molecule has 2 N–H and O–H groups in total. The molecule has 13 heteroatoms. The molecule has 0 aromatic heterocycles. The largest absolute Gasteiger partial charge is 0.726 e. The topological polar surface area (TPSA) is 163 Å². The van der Waals surface area contributed by atoms with Crippen LogP contribution in [-0.2, 0) is 33.6 Å². The minimum absolute atomic E-state index is 0.292. The molecule has 198 valence electrons. The summed E-state index contributed by atoms with van der Waals surface area (Å²) in [6, 6.07) is 0. The number of quaternary nitrogens is 1. The lowest BCUT2D eigenvalue weighted by molar-refractivity contribution is -0.914. The summed E-state index contributed by atoms with van der Waals surface area (Å²) in [4.78, 5) is 24.5. The van der Waals surface area contributed by atoms with Gasteiger partial charge in [0.15, 0.2) is 0 Å². The highest BCUT2D eigenvalue weighted by molar-refractivity contribution is 7.80. The molecule has 0 aromatic rings. The van der Waals surface area contributed by atoms with Crippen molar-refractivity contribution in [3.63, 3.8) is 0 Å². The zero-order chi connectivity index (χ0) is 26.4. The normalized spacial score (nSPS) is 17.1.